The maximum Gasteiger partial charge on any atom is 0.192 e. The van der Waals surface area contributed by atoms with E-state index in [2.05, 4.69) is 36.4 Å². The Morgan fingerprint density at radius 3 is 1.85 bits per heavy atom. The number of ether oxygens (including phenoxy) is 3. The Morgan fingerprint density at radius 2 is 1.28 bits per heavy atom. The van der Waals surface area contributed by atoms with Crippen molar-refractivity contribution in [2.45, 2.75) is 23.7 Å². The highest BCUT2D eigenvalue weighted by Crippen LogP contribution is 2.48. The first-order valence-corrected chi connectivity index (χ1v) is 15.6. The molecular formula is C40H34FNO4. The van der Waals surface area contributed by atoms with Gasteiger partial charge in [0.15, 0.2) is 11.7 Å². The lowest BCUT2D eigenvalue weighted by Gasteiger charge is -2.39. The van der Waals surface area contributed by atoms with E-state index in [1.165, 1.54) is 6.07 Å². The normalized spacial score (nSPS) is 20.8. The monoisotopic (exact) mass is 611 g/mol. The Kier molecular flexibility index (Phi) is 8.31. The SMILES string of the molecule is O=C(CC1=N[C@@]2(c3ccccc3F)COC(COC(c3ccccc3)(c3ccccc3)c3ccccc3)[C@H]2CO1)c1ccccc1. The zero-order chi connectivity index (χ0) is 31.4. The summed E-state index contributed by atoms with van der Waals surface area (Å²) in [6.07, 6.45) is -0.488. The van der Waals surface area contributed by atoms with Gasteiger partial charge >= 0.3 is 0 Å². The molecule has 5 nitrogen and oxygen atoms in total. The maximum atomic E-state index is 15.6. The molecule has 0 radical (unpaired) electrons. The molecule has 7 rings (SSSR count). The van der Waals surface area contributed by atoms with Crippen LogP contribution in [0.5, 0.6) is 0 Å². The van der Waals surface area contributed by atoms with Crippen LogP contribution in [-0.4, -0.2) is 37.6 Å². The van der Waals surface area contributed by atoms with E-state index in [1.807, 2.05) is 72.8 Å². The van der Waals surface area contributed by atoms with Gasteiger partial charge in [-0.05, 0) is 22.8 Å². The van der Waals surface area contributed by atoms with Gasteiger partial charge in [-0.1, -0.05) is 140 Å². The number of carbonyl (C=O) groups is 1. The zero-order valence-electron chi connectivity index (χ0n) is 25.3. The molecule has 2 heterocycles. The number of nitrogens with zero attached hydrogens (tertiary/aromatic N) is 1. The van der Waals surface area contributed by atoms with Crippen molar-refractivity contribution >= 4 is 11.7 Å². The predicted octanol–water partition coefficient (Wildman–Crippen LogP) is 7.75. The standard InChI is InChI=1S/C40H34FNO4/c41-35-24-14-13-23-33(35)39-28-45-37(34(39)26-44-38(42-39)25-36(43)29-15-5-1-6-16-29)27-46-40(30-17-7-2-8-18-30,31-19-9-3-10-20-31)32-21-11-4-12-22-32/h1-24,34,37H,25-28H2/t34-,37?,39-/m1/s1. The first-order chi connectivity index (χ1) is 22.6. The average molecular weight is 612 g/mol. The molecule has 46 heavy (non-hydrogen) atoms. The van der Waals surface area contributed by atoms with Crippen LogP contribution in [0.15, 0.2) is 151 Å². The zero-order valence-corrected chi connectivity index (χ0v) is 25.3. The second kappa shape index (κ2) is 12.8. The third-order valence-corrected chi connectivity index (χ3v) is 9.09. The number of benzene rings is 5. The fraction of sp³-hybridized carbons (Fsp3) is 0.200. The molecule has 1 fully saturated rings. The van der Waals surface area contributed by atoms with Crippen molar-refractivity contribution in [3.8, 4) is 0 Å². The molecule has 1 saturated heterocycles. The minimum atomic E-state index is -1.07. The van der Waals surface area contributed by atoms with E-state index in [0.29, 0.717) is 11.1 Å². The fourth-order valence-electron chi connectivity index (χ4n) is 6.81. The molecule has 5 aromatic carbocycles. The molecule has 2 aliphatic rings. The van der Waals surface area contributed by atoms with Gasteiger partial charge in [0.05, 0.1) is 38.3 Å². The molecule has 2 aliphatic heterocycles. The van der Waals surface area contributed by atoms with Gasteiger partial charge in [-0.3, -0.25) is 4.79 Å². The summed E-state index contributed by atoms with van der Waals surface area (Å²) >= 11 is 0. The van der Waals surface area contributed by atoms with Crippen molar-refractivity contribution in [3.63, 3.8) is 0 Å². The van der Waals surface area contributed by atoms with Crippen molar-refractivity contribution in [1.82, 2.24) is 0 Å². The molecule has 1 unspecified atom stereocenters. The lowest BCUT2D eigenvalue weighted by molar-refractivity contribution is -0.0603. The third-order valence-electron chi connectivity index (χ3n) is 9.09. The number of halogens is 1. The Hall–Kier alpha value is -4.91. The van der Waals surface area contributed by atoms with Gasteiger partial charge in [0.1, 0.15) is 17.0 Å². The summed E-state index contributed by atoms with van der Waals surface area (Å²) in [5.74, 6) is -0.561. The fourth-order valence-corrected chi connectivity index (χ4v) is 6.81. The molecule has 0 N–H and O–H groups in total. The van der Waals surface area contributed by atoms with Gasteiger partial charge in [0.25, 0.3) is 0 Å². The molecule has 0 bridgehead atoms. The quantitative estimate of drug-likeness (QED) is 0.120. The molecule has 0 amide bonds. The second-order valence-electron chi connectivity index (χ2n) is 11.7. The third kappa shape index (κ3) is 5.44. The van der Waals surface area contributed by atoms with Crippen LogP contribution in [0.4, 0.5) is 4.39 Å². The minimum absolute atomic E-state index is 0.0206. The molecule has 6 heteroatoms. The number of hydrogen-bond acceptors (Lipinski definition) is 5. The number of hydrogen-bond donors (Lipinski definition) is 0. The van der Waals surface area contributed by atoms with Crippen LogP contribution in [0, 0.1) is 11.7 Å². The van der Waals surface area contributed by atoms with E-state index in [-0.39, 0.29) is 49.7 Å². The first-order valence-electron chi connectivity index (χ1n) is 15.6. The Morgan fingerprint density at radius 1 is 0.761 bits per heavy atom. The number of Topliss-reactive ketones (excluding diaryl/α,β-unsaturated/α-hetero) is 1. The number of fused-ring (bicyclic) bond motifs is 1. The van der Waals surface area contributed by atoms with Crippen molar-refractivity contribution in [3.05, 3.63) is 179 Å². The van der Waals surface area contributed by atoms with Crippen LogP contribution < -0.4 is 0 Å². The molecule has 230 valence electrons. The molecule has 3 atom stereocenters. The van der Waals surface area contributed by atoms with Crippen LogP contribution in [0.2, 0.25) is 0 Å². The number of ketones is 1. The van der Waals surface area contributed by atoms with Crippen LogP contribution in [-0.2, 0) is 25.4 Å². The molecule has 0 saturated carbocycles. The minimum Gasteiger partial charge on any atom is -0.480 e. The van der Waals surface area contributed by atoms with E-state index < -0.39 is 17.2 Å². The highest BCUT2D eigenvalue weighted by molar-refractivity contribution is 6.07. The van der Waals surface area contributed by atoms with Crippen molar-refractivity contribution < 1.29 is 23.4 Å². The van der Waals surface area contributed by atoms with Crippen LogP contribution in [0.3, 0.4) is 0 Å². The summed E-state index contributed by atoms with van der Waals surface area (Å²) in [6.45, 7) is 0.531. The van der Waals surface area contributed by atoms with E-state index in [4.69, 9.17) is 19.2 Å². The molecule has 5 aromatic rings. The summed E-state index contributed by atoms with van der Waals surface area (Å²) in [7, 11) is 0. The van der Waals surface area contributed by atoms with Gasteiger partial charge in [0.2, 0.25) is 0 Å². The predicted molar refractivity (Wildman–Crippen MR) is 175 cm³/mol. The summed E-state index contributed by atoms with van der Waals surface area (Å²) in [4.78, 5) is 18.1. The Bertz CT molecular complexity index is 1720. The van der Waals surface area contributed by atoms with E-state index in [1.54, 1.807) is 30.3 Å². The van der Waals surface area contributed by atoms with Gasteiger partial charge in [-0.25, -0.2) is 9.38 Å². The summed E-state index contributed by atoms with van der Waals surface area (Å²) in [5.41, 5.74) is 1.92. The summed E-state index contributed by atoms with van der Waals surface area (Å²) < 4.78 is 35.3. The van der Waals surface area contributed by atoms with Crippen LogP contribution in [0.1, 0.15) is 39.0 Å². The largest absolute Gasteiger partial charge is 0.480 e. The highest BCUT2D eigenvalue weighted by atomic mass is 19.1. The highest BCUT2D eigenvalue weighted by Gasteiger charge is 2.55. The molecule has 0 spiro atoms. The first kappa shape index (κ1) is 29.8. The lowest BCUT2D eigenvalue weighted by Crippen LogP contribution is -2.46. The van der Waals surface area contributed by atoms with Crippen LogP contribution >= 0.6 is 0 Å². The van der Waals surface area contributed by atoms with E-state index in [9.17, 15) is 4.79 Å². The maximum absolute atomic E-state index is 15.6. The smallest absolute Gasteiger partial charge is 0.192 e. The van der Waals surface area contributed by atoms with Gasteiger partial charge in [-0.2, -0.15) is 0 Å². The van der Waals surface area contributed by atoms with Gasteiger partial charge in [-0.15, -0.1) is 0 Å². The average Bonchev–Trinajstić information content (AvgIpc) is 3.49. The molecular weight excluding hydrogens is 577 g/mol. The van der Waals surface area contributed by atoms with E-state index >= 15 is 4.39 Å². The van der Waals surface area contributed by atoms with Crippen molar-refractivity contribution in [2.75, 3.05) is 19.8 Å². The summed E-state index contributed by atoms with van der Waals surface area (Å²) in [6, 6.07) is 46.2. The van der Waals surface area contributed by atoms with E-state index in [0.717, 1.165) is 16.7 Å². The van der Waals surface area contributed by atoms with Crippen molar-refractivity contribution in [2.24, 2.45) is 10.9 Å². The number of carbonyl (C=O) groups excluding carboxylic acids is 1. The van der Waals surface area contributed by atoms with Crippen LogP contribution in [0.25, 0.3) is 0 Å². The van der Waals surface area contributed by atoms with Crippen molar-refractivity contribution in [1.29, 1.82) is 0 Å². The Labute approximate surface area is 268 Å². The Balaban J connectivity index is 1.25. The lowest BCUT2D eigenvalue weighted by atomic mass is 9.77. The number of rotatable bonds is 10. The van der Waals surface area contributed by atoms with Gasteiger partial charge < -0.3 is 14.2 Å². The molecule has 0 aromatic heterocycles. The second-order valence-corrected chi connectivity index (χ2v) is 11.7. The topological polar surface area (TPSA) is 57.1 Å². The van der Waals surface area contributed by atoms with Gasteiger partial charge in [0, 0.05) is 11.1 Å². The number of aliphatic imine (C=N–C) groups is 1. The molecule has 0 aliphatic carbocycles. The summed E-state index contributed by atoms with van der Waals surface area (Å²) in [5, 5.41) is 0.